The molecule has 0 saturated heterocycles. The number of hydrogen-bond donors (Lipinski definition) is 0. The van der Waals surface area contributed by atoms with E-state index in [2.05, 4.69) is 28.1 Å². The van der Waals surface area contributed by atoms with E-state index in [4.69, 9.17) is 18.6 Å². The van der Waals surface area contributed by atoms with Crippen molar-refractivity contribution in [2.24, 2.45) is 7.05 Å². The van der Waals surface area contributed by atoms with Crippen molar-refractivity contribution >= 4 is 61.1 Å². The molecule has 4 heterocycles. The van der Waals surface area contributed by atoms with Gasteiger partial charge in [0.05, 0.1) is 28.5 Å². The van der Waals surface area contributed by atoms with Gasteiger partial charge in [-0.15, -0.1) is 23.8 Å². The molecule has 0 atom stereocenters. The van der Waals surface area contributed by atoms with Crippen molar-refractivity contribution in [2.75, 3.05) is 4.90 Å². The van der Waals surface area contributed by atoms with E-state index in [-0.39, 0.29) is 21.1 Å². The van der Waals surface area contributed by atoms with E-state index in [0.29, 0.717) is 22.7 Å². The van der Waals surface area contributed by atoms with E-state index in [9.17, 15) is 0 Å². The molecule has 0 unspecified atom stereocenters. The summed E-state index contributed by atoms with van der Waals surface area (Å²) >= 11 is 0. The van der Waals surface area contributed by atoms with Crippen molar-refractivity contribution in [1.29, 1.82) is 0 Å². The Hall–Kier alpha value is -5.65. The molecule has 0 radical (unpaired) electrons. The minimum Gasteiger partial charge on any atom is -0.512 e. The molecule has 0 fully saturated rings. The fourth-order valence-corrected chi connectivity index (χ4v) is 6.03. The van der Waals surface area contributed by atoms with Gasteiger partial charge in [-0.25, -0.2) is 4.98 Å². The third-order valence-electron chi connectivity index (χ3n) is 8.14. The van der Waals surface area contributed by atoms with E-state index >= 15 is 0 Å². The minimum absolute atomic E-state index is 0. The number of aromatic nitrogens is 3. The second-order valence-corrected chi connectivity index (χ2v) is 11.0. The maximum atomic E-state index is 6.82. The van der Waals surface area contributed by atoms with Gasteiger partial charge in [0.1, 0.15) is 17.0 Å². The van der Waals surface area contributed by atoms with Gasteiger partial charge in [-0.2, -0.15) is 0 Å². The van der Waals surface area contributed by atoms with E-state index in [1.165, 1.54) is 0 Å². The number of hydrogen-bond acceptors (Lipinski definition) is 6. The van der Waals surface area contributed by atoms with Crippen molar-refractivity contribution in [2.45, 2.75) is 0 Å². The van der Waals surface area contributed by atoms with Crippen LogP contribution >= 0.6 is 0 Å². The normalized spacial score (nSPS) is 11.3. The Bertz CT molecular complexity index is 2500. The van der Waals surface area contributed by atoms with E-state index in [1.807, 2.05) is 121 Å². The minimum atomic E-state index is 0. The van der Waals surface area contributed by atoms with Gasteiger partial charge in [-0.05, 0) is 36.4 Å². The van der Waals surface area contributed by atoms with Gasteiger partial charge in [0, 0.05) is 42.1 Å². The number of benzene rings is 5. The largest absolute Gasteiger partial charge is 2.00 e. The second kappa shape index (κ2) is 11.6. The van der Waals surface area contributed by atoms with Crippen LogP contribution in [0.5, 0.6) is 11.5 Å². The zero-order valence-corrected chi connectivity index (χ0v) is 27.2. The number of para-hydroxylation sites is 3. The summed E-state index contributed by atoms with van der Waals surface area (Å²) in [5, 5.41) is 3.73. The molecule has 5 aromatic carbocycles. The average Bonchev–Trinajstić information content (AvgIpc) is 3.81. The first-order valence-electron chi connectivity index (χ1n) is 14.9. The number of fused-ring (bicyclic) bond motifs is 6. The molecule has 7 nitrogen and oxygen atoms in total. The molecular weight excluding hydrogens is 768 g/mol. The summed E-state index contributed by atoms with van der Waals surface area (Å²) < 4.78 is 21.6. The predicted molar refractivity (Wildman–Crippen MR) is 180 cm³/mol. The van der Waals surface area contributed by atoms with Gasteiger partial charge in [0.15, 0.2) is 0 Å². The number of ether oxygens (including phenoxy) is 1. The summed E-state index contributed by atoms with van der Waals surface area (Å²) in [5.74, 6) is 2.31. The van der Waals surface area contributed by atoms with E-state index in [0.717, 1.165) is 61.3 Å². The van der Waals surface area contributed by atoms with Crippen LogP contribution in [0.25, 0.3) is 55.3 Å². The molecule has 0 aliphatic carbocycles. The number of furan rings is 2. The summed E-state index contributed by atoms with van der Waals surface area (Å²) in [5.41, 5.74) is 5.09. The molecule has 47 heavy (non-hydrogen) atoms. The van der Waals surface area contributed by atoms with Gasteiger partial charge < -0.3 is 23.0 Å². The zero-order chi connectivity index (χ0) is 30.6. The fraction of sp³-hybridized carbons (Fsp3) is 0.0256. The van der Waals surface area contributed by atoms with Crippen LogP contribution in [0, 0.1) is 12.1 Å². The average molecular weight is 792 g/mol. The summed E-state index contributed by atoms with van der Waals surface area (Å²) in [7, 11) is 1.96. The summed E-state index contributed by atoms with van der Waals surface area (Å²) in [6.07, 6.45) is 5.46. The number of nitrogens with zero attached hydrogens (tertiary/aromatic N) is 4. The van der Waals surface area contributed by atoms with Crippen LogP contribution in [0.4, 0.5) is 17.2 Å². The van der Waals surface area contributed by atoms with Gasteiger partial charge in [0.2, 0.25) is 0 Å². The summed E-state index contributed by atoms with van der Waals surface area (Å²) in [6.45, 7) is 0. The summed E-state index contributed by atoms with van der Waals surface area (Å²) in [4.78, 5) is 11.3. The van der Waals surface area contributed by atoms with Crippen LogP contribution in [-0.4, -0.2) is 14.5 Å². The molecule has 9 rings (SSSR count). The van der Waals surface area contributed by atoms with Crippen molar-refractivity contribution in [3.63, 3.8) is 0 Å². The standard InChI is InChI=1S/C39H24N4O3.Pt/c1-42-20-19-41-39(42)25-21-30-28-13-5-7-15-32(28)45-37(30)34(22-25)44-35-24-27(23-31-29-14-6-8-16-33(29)46-38(31)35)43(26-11-3-2-4-12-26)36-17-9-10-18-40-36;/h2-21,23H,1H3;/q-2;+2. The molecule has 0 aliphatic rings. The molecular formula is C39H24N4O3Pt. The van der Waals surface area contributed by atoms with Gasteiger partial charge in [-0.1, -0.05) is 83.2 Å². The SMILES string of the molecule is Cn1ccnc1-c1[c-]c(Oc2[c-]c(N(c3ccccc3)c3ccccn3)cc3c2oc2ccccc23)c2oc3ccccc3c2c1.[Pt+2]. The van der Waals surface area contributed by atoms with Gasteiger partial charge in [-0.3, -0.25) is 4.98 Å². The van der Waals surface area contributed by atoms with Crippen LogP contribution in [0.3, 0.4) is 0 Å². The van der Waals surface area contributed by atoms with E-state index < -0.39 is 0 Å². The van der Waals surface area contributed by atoms with Gasteiger partial charge in [0.25, 0.3) is 0 Å². The first-order chi connectivity index (χ1) is 22.7. The third kappa shape index (κ3) is 4.87. The molecule has 9 aromatic rings. The van der Waals surface area contributed by atoms with Crippen molar-refractivity contribution < 1.29 is 34.6 Å². The van der Waals surface area contributed by atoms with Crippen LogP contribution < -0.4 is 9.64 Å². The maximum Gasteiger partial charge on any atom is 2.00 e. The Morgan fingerprint density at radius 2 is 1.30 bits per heavy atom. The molecule has 8 heteroatoms. The monoisotopic (exact) mass is 791 g/mol. The number of rotatable bonds is 6. The molecule has 0 aliphatic heterocycles. The molecule has 4 aromatic heterocycles. The summed E-state index contributed by atoms with van der Waals surface area (Å²) in [6, 6.07) is 43.0. The third-order valence-corrected chi connectivity index (χ3v) is 8.14. The Morgan fingerprint density at radius 3 is 1.96 bits per heavy atom. The topological polar surface area (TPSA) is 69.5 Å². The van der Waals surface area contributed by atoms with Crippen molar-refractivity contribution in [3.05, 3.63) is 140 Å². The molecule has 0 saturated carbocycles. The van der Waals surface area contributed by atoms with Crippen LogP contribution in [0.1, 0.15) is 0 Å². The van der Waals surface area contributed by atoms with Crippen LogP contribution in [-0.2, 0) is 28.1 Å². The molecule has 0 N–H and O–H groups in total. The molecule has 0 bridgehead atoms. The molecule has 0 amide bonds. The number of aryl methyl sites for hydroxylation is 1. The number of imidazole rings is 1. The Balaban J connectivity index is 0.00000324. The van der Waals surface area contributed by atoms with E-state index in [1.54, 1.807) is 12.4 Å². The predicted octanol–water partition coefficient (Wildman–Crippen LogP) is 10.1. The smallest absolute Gasteiger partial charge is 0.512 e. The Kier molecular flexibility index (Phi) is 7.11. The Morgan fingerprint density at radius 1 is 0.660 bits per heavy atom. The Labute approximate surface area is 283 Å². The van der Waals surface area contributed by atoms with Gasteiger partial charge >= 0.3 is 21.1 Å². The fourth-order valence-electron chi connectivity index (χ4n) is 6.03. The first kappa shape index (κ1) is 28.8. The zero-order valence-electron chi connectivity index (χ0n) is 25.0. The quantitative estimate of drug-likeness (QED) is 0.156. The van der Waals surface area contributed by atoms with Crippen molar-refractivity contribution in [1.82, 2.24) is 14.5 Å². The van der Waals surface area contributed by atoms with Crippen LogP contribution in [0.2, 0.25) is 0 Å². The van der Waals surface area contributed by atoms with Crippen molar-refractivity contribution in [3.8, 4) is 22.9 Å². The van der Waals surface area contributed by atoms with Crippen LogP contribution in [0.15, 0.2) is 137 Å². The molecule has 228 valence electrons. The number of pyridine rings is 1. The maximum absolute atomic E-state index is 6.82. The first-order valence-corrected chi connectivity index (χ1v) is 14.9. The molecule has 0 spiro atoms. The second-order valence-electron chi connectivity index (χ2n) is 11.0. The number of anilines is 3.